The molecule has 0 saturated heterocycles. The molecule has 80 valence electrons. The highest BCUT2D eigenvalue weighted by Gasteiger charge is 2.26. The van der Waals surface area contributed by atoms with Crippen molar-refractivity contribution in [3.63, 3.8) is 0 Å². The van der Waals surface area contributed by atoms with Gasteiger partial charge in [0.2, 0.25) is 0 Å². The summed E-state index contributed by atoms with van der Waals surface area (Å²) in [5.41, 5.74) is 0. The average Bonchev–Trinajstić information content (AvgIpc) is 2.14. The molecule has 0 spiro atoms. The number of ether oxygens (including phenoxy) is 1. The van der Waals surface area contributed by atoms with Gasteiger partial charge < -0.3 is 9.64 Å². The number of rotatable bonds is 3. The molecular weight excluding hydrogens is 182 g/mol. The van der Waals surface area contributed by atoms with Crippen LogP contribution >= 0.6 is 0 Å². The van der Waals surface area contributed by atoms with Crippen LogP contribution in [0, 0.1) is 5.92 Å². The monoisotopic (exact) mass is 199 g/mol. The van der Waals surface area contributed by atoms with Gasteiger partial charge in [-0.1, -0.05) is 6.42 Å². The molecule has 0 aromatic rings. The maximum Gasteiger partial charge on any atom is 0.396 e. The lowest BCUT2D eigenvalue weighted by atomic mass is 9.85. The molecule has 0 atom stereocenters. The minimum Gasteiger partial charge on any atom is -0.462 e. The summed E-state index contributed by atoms with van der Waals surface area (Å²) in [6.07, 6.45) is 3.59. The molecule has 0 unspecified atom stereocenters. The first-order chi connectivity index (χ1) is 6.69. The molecule has 1 fully saturated rings. The number of methoxy groups -OCH3 is 1. The van der Waals surface area contributed by atoms with Crippen LogP contribution in [0.1, 0.15) is 26.2 Å². The molecule has 0 aromatic heterocycles. The molecule has 1 aliphatic rings. The maximum atomic E-state index is 11.4. The number of amides is 1. The Morgan fingerprint density at radius 3 is 2.43 bits per heavy atom. The Balaban J connectivity index is 2.43. The molecule has 0 heterocycles. The molecular formula is C10H17NO3. The molecule has 0 aliphatic heterocycles. The van der Waals surface area contributed by atoms with Gasteiger partial charge in [0.05, 0.1) is 7.11 Å². The Morgan fingerprint density at radius 2 is 2.07 bits per heavy atom. The Morgan fingerprint density at radius 1 is 1.43 bits per heavy atom. The van der Waals surface area contributed by atoms with E-state index >= 15 is 0 Å². The molecule has 0 aromatic carbocycles. The van der Waals surface area contributed by atoms with Crippen molar-refractivity contribution >= 4 is 11.9 Å². The smallest absolute Gasteiger partial charge is 0.396 e. The zero-order chi connectivity index (χ0) is 10.6. The van der Waals surface area contributed by atoms with Gasteiger partial charge in [0.1, 0.15) is 0 Å². The summed E-state index contributed by atoms with van der Waals surface area (Å²) < 4.78 is 4.40. The van der Waals surface area contributed by atoms with E-state index in [1.807, 2.05) is 6.92 Å². The minimum absolute atomic E-state index is 0.512. The fourth-order valence-corrected chi connectivity index (χ4v) is 1.56. The van der Waals surface area contributed by atoms with Crippen LogP contribution in [0.25, 0.3) is 0 Å². The second-order valence-electron chi connectivity index (χ2n) is 3.63. The van der Waals surface area contributed by atoms with Gasteiger partial charge in [-0.25, -0.2) is 4.79 Å². The van der Waals surface area contributed by atoms with Gasteiger partial charge >= 0.3 is 11.9 Å². The Kier molecular flexibility index (Phi) is 3.92. The van der Waals surface area contributed by atoms with Crippen LogP contribution in [0.5, 0.6) is 0 Å². The second kappa shape index (κ2) is 4.98. The lowest BCUT2D eigenvalue weighted by Crippen LogP contribution is -2.41. The van der Waals surface area contributed by atoms with Crippen LogP contribution in [-0.4, -0.2) is 37.0 Å². The third kappa shape index (κ3) is 2.47. The molecule has 4 nitrogen and oxygen atoms in total. The first-order valence-electron chi connectivity index (χ1n) is 5.06. The molecule has 14 heavy (non-hydrogen) atoms. The van der Waals surface area contributed by atoms with E-state index in [2.05, 4.69) is 4.74 Å². The highest BCUT2D eigenvalue weighted by Crippen LogP contribution is 2.27. The van der Waals surface area contributed by atoms with E-state index in [0.29, 0.717) is 19.0 Å². The van der Waals surface area contributed by atoms with E-state index in [-0.39, 0.29) is 0 Å². The van der Waals surface area contributed by atoms with Crippen molar-refractivity contribution in [3.8, 4) is 0 Å². The van der Waals surface area contributed by atoms with Gasteiger partial charge in [0.25, 0.3) is 0 Å². The van der Waals surface area contributed by atoms with Crippen molar-refractivity contribution in [2.24, 2.45) is 5.92 Å². The van der Waals surface area contributed by atoms with E-state index in [9.17, 15) is 9.59 Å². The third-order valence-electron chi connectivity index (χ3n) is 2.73. The molecule has 1 aliphatic carbocycles. The predicted octanol–water partition coefficient (Wildman–Crippen LogP) is 0.808. The van der Waals surface area contributed by atoms with E-state index in [1.54, 1.807) is 4.90 Å². The maximum absolute atomic E-state index is 11.4. The van der Waals surface area contributed by atoms with E-state index in [1.165, 1.54) is 26.4 Å². The Labute approximate surface area is 84.2 Å². The summed E-state index contributed by atoms with van der Waals surface area (Å²) >= 11 is 0. The molecule has 0 N–H and O–H groups in total. The van der Waals surface area contributed by atoms with Crippen molar-refractivity contribution in [2.75, 3.05) is 20.2 Å². The summed E-state index contributed by atoms with van der Waals surface area (Å²) in [5, 5.41) is 0. The van der Waals surface area contributed by atoms with Crippen molar-refractivity contribution in [1.82, 2.24) is 4.90 Å². The predicted molar refractivity (Wildman–Crippen MR) is 51.6 cm³/mol. The number of carbonyl (C=O) groups is 2. The largest absolute Gasteiger partial charge is 0.462 e. The molecule has 0 radical (unpaired) electrons. The fraction of sp³-hybridized carbons (Fsp3) is 0.800. The van der Waals surface area contributed by atoms with Crippen molar-refractivity contribution in [3.05, 3.63) is 0 Å². The quantitative estimate of drug-likeness (QED) is 0.499. The topological polar surface area (TPSA) is 46.6 Å². The highest BCUT2D eigenvalue weighted by atomic mass is 16.5. The van der Waals surface area contributed by atoms with Crippen molar-refractivity contribution < 1.29 is 14.3 Å². The van der Waals surface area contributed by atoms with E-state index in [4.69, 9.17) is 0 Å². The average molecular weight is 199 g/mol. The van der Waals surface area contributed by atoms with Crippen LogP contribution in [-0.2, 0) is 14.3 Å². The standard InChI is InChI=1S/C10H17NO3/c1-3-11(7-8-5-4-6-8)9(12)10(13)14-2/h8H,3-7H2,1-2H3. The molecule has 4 heteroatoms. The minimum atomic E-state index is -0.758. The van der Waals surface area contributed by atoms with Crippen molar-refractivity contribution in [2.45, 2.75) is 26.2 Å². The summed E-state index contributed by atoms with van der Waals surface area (Å²) in [6.45, 7) is 3.15. The Hall–Kier alpha value is -1.06. The first-order valence-corrected chi connectivity index (χ1v) is 5.06. The lowest BCUT2D eigenvalue weighted by Gasteiger charge is -2.31. The summed E-state index contributed by atoms with van der Waals surface area (Å²) in [4.78, 5) is 24.0. The number of esters is 1. The van der Waals surface area contributed by atoms with Crippen LogP contribution in [0.2, 0.25) is 0 Å². The van der Waals surface area contributed by atoms with Gasteiger partial charge in [-0.05, 0) is 25.7 Å². The molecule has 1 amide bonds. The normalized spacial score (nSPS) is 15.9. The van der Waals surface area contributed by atoms with Gasteiger partial charge in [-0.2, -0.15) is 0 Å². The zero-order valence-electron chi connectivity index (χ0n) is 8.78. The number of likely N-dealkylation sites (N-methyl/N-ethyl adjacent to an activating group) is 1. The lowest BCUT2D eigenvalue weighted by molar-refractivity contribution is -0.158. The Bertz CT molecular complexity index is 223. The van der Waals surface area contributed by atoms with E-state index < -0.39 is 11.9 Å². The zero-order valence-corrected chi connectivity index (χ0v) is 8.78. The number of carbonyl (C=O) groups excluding carboxylic acids is 2. The summed E-state index contributed by atoms with van der Waals surface area (Å²) in [6, 6.07) is 0. The molecule has 1 saturated carbocycles. The summed E-state index contributed by atoms with van der Waals surface area (Å²) in [7, 11) is 1.23. The van der Waals surface area contributed by atoms with Gasteiger partial charge in [0.15, 0.2) is 0 Å². The van der Waals surface area contributed by atoms with Crippen LogP contribution in [0.4, 0.5) is 0 Å². The first kappa shape index (κ1) is 11.0. The van der Waals surface area contributed by atoms with E-state index in [0.717, 1.165) is 0 Å². The van der Waals surface area contributed by atoms with Crippen LogP contribution in [0.3, 0.4) is 0 Å². The van der Waals surface area contributed by atoms with Crippen LogP contribution in [0.15, 0.2) is 0 Å². The fourth-order valence-electron chi connectivity index (χ4n) is 1.56. The van der Waals surface area contributed by atoms with Gasteiger partial charge in [-0.3, -0.25) is 4.79 Å². The van der Waals surface area contributed by atoms with Crippen molar-refractivity contribution in [1.29, 1.82) is 0 Å². The SMILES string of the molecule is CCN(CC1CCC1)C(=O)C(=O)OC. The molecule has 1 rings (SSSR count). The number of nitrogens with zero attached hydrogens (tertiary/aromatic N) is 1. The molecule has 0 bridgehead atoms. The third-order valence-corrected chi connectivity index (χ3v) is 2.73. The number of hydrogen-bond donors (Lipinski definition) is 0. The van der Waals surface area contributed by atoms with Gasteiger partial charge in [-0.15, -0.1) is 0 Å². The highest BCUT2D eigenvalue weighted by molar-refractivity contribution is 6.32. The van der Waals surface area contributed by atoms with Crippen LogP contribution < -0.4 is 0 Å². The number of hydrogen-bond acceptors (Lipinski definition) is 3. The van der Waals surface area contributed by atoms with Gasteiger partial charge in [0, 0.05) is 13.1 Å². The second-order valence-corrected chi connectivity index (χ2v) is 3.63. The summed E-state index contributed by atoms with van der Waals surface area (Å²) in [5.74, 6) is -0.684.